The molecule has 5 heteroatoms. The number of allylic oxidation sites excluding steroid dienone is 1. The van der Waals surface area contributed by atoms with Crippen LogP contribution < -0.4 is 0 Å². The lowest BCUT2D eigenvalue weighted by molar-refractivity contribution is -0.107. The van der Waals surface area contributed by atoms with Crippen molar-refractivity contribution in [2.24, 2.45) is 0 Å². The zero-order valence-electron chi connectivity index (χ0n) is 5.77. The van der Waals surface area contributed by atoms with Gasteiger partial charge in [-0.2, -0.15) is 0 Å². The maximum Gasteiger partial charge on any atom is 0.323 e. The summed E-state index contributed by atoms with van der Waals surface area (Å²) in [5.74, 6) is -1.85. The SMILES string of the molecule is CC1=C(O)C(O)OC(O)=C1O. The standard InChI is InChI=1S/C6H8O5/c1-2-3(7)5(9)11-6(10)4(2)8/h5,7-10H,1H3. The Bertz CT molecular complexity index is 239. The first-order chi connectivity index (χ1) is 5.04. The van der Waals surface area contributed by atoms with Crippen LogP contribution in [0.15, 0.2) is 23.0 Å². The van der Waals surface area contributed by atoms with Crippen LogP contribution in [0.3, 0.4) is 0 Å². The Hall–Kier alpha value is -1.36. The summed E-state index contributed by atoms with van der Waals surface area (Å²) < 4.78 is 4.21. The van der Waals surface area contributed by atoms with Crippen LogP contribution in [0.2, 0.25) is 0 Å². The van der Waals surface area contributed by atoms with E-state index in [4.69, 9.17) is 20.4 Å². The Morgan fingerprint density at radius 2 is 1.82 bits per heavy atom. The Morgan fingerprint density at radius 1 is 1.27 bits per heavy atom. The third kappa shape index (κ3) is 1.10. The van der Waals surface area contributed by atoms with Crippen molar-refractivity contribution in [3.63, 3.8) is 0 Å². The molecule has 1 heterocycles. The van der Waals surface area contributed by atoms with Crippen LogP contribution in [-0.4, -0.2) is 26.7 Å². The number of hydrogen-bond acceptors (Lipinski definition) is 5. The van der Waals surface area contributed by atoms with E-state index in [0.29, 0.717) is 0 Å². The van der Waals surface area contributed by atoms with Gasteiger partial charge in [0.25, 0.3) is 6.29 Å². The Kier molecular flexibility index (Phi) is 1.66. The summed E-state index contributed by atoms with van der Waals surface area (Å²) in [6.07, 6.45) is -1.59. The van der Waals surface area contributed by atoms with Crippen molar-refractivity contribution >= 4 is 0 Å². The van der Waals surface area contributed by atoms with Gasteiger partial charge in [0.15, 0.2) is 5.76 Å². The number of ether oxygens (including phenoxy) is 1. The molecule has 11 heavy (non-hydrogen) atoms. The third-order valence-corrected chi connectivity index (χ3v) is 1.40. The number of aliphatic hydroxyl groups is 4. The molecule has 0 aliphatic carbocycles. The summed E-state index contributed by atoms with van der Waals surface area (Å²) in [5, 5.41) is 35.4. The van der Waals surface area contributed by atoms with Crippen molar-refractivity contribution in [1.29, 1.82) is 0 Å². The lowest BCUT2D eigenvalue weighted by Gasteiger charge is -2.19. The topological polar surface area (TPSA) is 90.2 Å². The van der Waals surface area contributed by atoms with Gasteiger partial charge in [-0.25, -0.2) is 0 Å². The van der Waals surface area contributed by atoms with Gasteiger partial charge < -0.3 is 25.2 Å². The minimum atomic E-state index is -1.59. The molecule has 0 amide bonds. The fourth-order valence-electron chi connectivity index (χ4n) is 0.684. The van der Waals surface area contributed by atoms with Crippen LogP contribution in [0.5, 0.6) is 0 Å². The lowest BCUT2D eigenvalue weighted by atomic mass is 10.2. The molecule has 1 aliphatic heterocycles. The zero-order chi connectivity index (χ0) is 8.59. The van der Waals surface area contributed by atoms with E-state index in [1.54, 1.807) is 0 Å². The molecule has 62 valence electrons. The summed E-state index contributed by atoms with van der Waals surface area (Å²) in [6, 6.07) is 0. The highest BCUT2D eigenvalue weighted by Crippen LogP contribution is 2.23. The maximum absolute atomic E-state index is 8.93. The summed E-state index contributed by atoms with van der Waals surface area (Å²) in [5.41, 5.74) is 0.00116. The largest absolute Gasteiger partial charge is 0.506 e. The molecule has 0 fully saturated rings. The maximum atomic E-state index is 8.93. The van der Waals surface area contributed by atoms with Gasteiger partial charge in [0, 0.05) is 5.57 Å². The molecule has 0 spiro atoms. The van der Waals surface area contributed by atoms with E-state index < -0.39 is 23.8 Å². The molecular formula is C6H8O5. The highest BCUT2D eigenvalue weighted by atomic mass is 16.7. The van der Waals surface area contributed by atoms with Crippen molar-refractivity contribution < 1.29 is 25.2 Å². The second kappa shape index (κ2) is 2.35. The zero-order valence-corrected chi connectivity index (χ0v) is 5.77. The molecule has 0 saturated carbocycles. The van der Waals surface area contributed by atoms with Crippen molar-refractivity contribution in [3.05, 3.63) is 23.0 Å². The summed E-state index contributed by atoms with van der Waals surface area (Å²) in [4.78, 5) is 0. The molecule has 1 aliphatic rings. The molecule has 4 N–H and O–H groups in total. The average molecular weight is 160 g/mol. The molecule has 0 saturated heterocycles. The minimum Gasteiger partial charge on any atom is -0.506 e. The molecule has 1 atom stereocenters. The van der Waals surface area contributed by atoms with Crippen LogP contribution in [0, 0.1) is 0 Å². The quantitative estimate of drug-likeness (QED) is 0.413. The summed E-state index contributed by atoms with van der Waals surface area (Å²) >= 11 is 0. The van der Waals surface area contributed by atoms with Crippen LogP contribution >= 0.6 is 0 Å². The smallest absolute Gasteiger partial charge is 0.323 e. The van der Waals surface area contributed by atoms with E-state index in [1.807, 2.05) is 0 Å². The van der Waals surface area contributed by atoms with Crippen molar-refractivity contribution in [1.82, 2.24) is 0 Å². The summed E-state index contributed by atoms with van der Waals surface area (Å²) in [7, 11) is 0. The van der Waals surface area contributed by atoms with E-state index in [9.17, 15) is 0 Å². The fourth-order valence-corrected chi connectivity index (χ4v) is 0.684. The number of rotatable bonds is 0. The number of aliphatic hydroxyl groups excluding tert-OH is 4. The molecular weight excluding hydrogens is 152 g/mol. The first-order valence-corrected chi connectivity index (χ1v) is 2.91. The molecule has 1 unspecified atom stereocenters. The first-order valence-electron chi connectivity index (χ1n) is 2.91. The van der Waals surface area contributed by atoms with Crippen LogP contribution in [0.1, 0.15) is 6.92 Å². The molecule has 5 nitrogen and oxygen atoms in total. The molecule has 0 aromatic carbocycles. The van der Waals surface area contributed by atoms with Crippen LogP contribution in [-0.2, 0) is 4.74 Å². The Labute approximate surface area is 62.5 Å². The molecule has 0 aromatic heterocycles. The Morgan fingerprint density at radius 3 is 2.36 bits per heavy atom. The Balaban J connectivity index is 3.07. The van der Waals surface area contributed by atoms with E-state index >= 15 is 0 Å². The average Bonchev–Trinajstić information content (AvgIpc) is 1.97. The molecule has 0 aromatic rings. The van der Waals surface area contributed by atoms with Gasteiger partial charge in [0.1, 0.15) is 0 Å². The number of hydrogen-bond donors (Lipinski definition) is 4. The van der Waals surface area contributed by atoms with Crippen LogP contribution in [0.25, 0.3) is 0 Å². The van der Waals surface area contributed by atoms with E-state index in [2.05, 4.69) is 4.74 Å². The van der Waals surface area contributed by atoms with Gasteiger partial charge in [-0.05, 0) is 6.92 Å². The highest BCUT2D eigenvalue weighted by Gasteiger charge is 2.26. The first kappa shape index (κ1) is 7.74. The minimum absolute atomic E-state index is 0.00116. The predicted octanol–water partition coefficient (Wildman–Crippen LogP) is 0.452. The fraction of sp³-hybridized carbons (Fsp3) is 0.333. The molecule has 0 bridgehead atoms. The highest BCUT2D eigenvalue weighted by molar-refractivity contribution is 5.29. The second-order valence-electron chi connectivity index (χ2n) is 2.13. The molecule has 1 rings (SSSR count). The summed E-state index contributed by atoms with van der Waals surface area (Å²) in [6.45, 7) is 1.34. The van der Waals surface area contributed by atoms with Gasteiger partial charge in [-0.15, -0.1) is 0 Å². The van der Waals surface area contributed by atoms with Gasteiger partial charge in [-0.1, -0.05) is 0 Å². The van der Waals surface area contributed by atoms with Crippen molar-refractivity contribution in [2.45, 2.75) is 13.2 Å². The van der Waals surface area contributed by atoms with Gasteiger partial charge in [0.2, 0.25) is 5.76 Å². The predicted molar refractivity (Wildman–Crippen MR) is 34.7 cm³/mol. The van der Waals surface area contributed by atoms with Crippen molar-refractivity contribution in [2.75, 3.05) is 0 Å². The van der Waals surface area contributed by atoms with E-state index in [1.165, 1.54) is 6.92 Å². The normalized spacial score (nSPS) is 25.5. The van der Waals surface area contributed by atoms with Gasteiger partial charge in [-0.3, -0.25) is 0 Å². The van der Waals surface area contributed by atoms with Crippen molar-refractivity contribution in [3.8, 4) is 0 Å². The molecule has 0 radical (unpaired) electrons. The second-order valence-corrected chi connectivity index (χ2v) is 2.13. The van der Waals surface area contributed by atoms with Gasteiger partial charge >= 0.3 is 5.95 Å². The van der Waals surface area contributed by atoms with Gasteiger partial charge in [0.05, 0.1) is 0 Å². The third-order valence-electron chi connectivity index (χ3n) is 1.40. The lowest BCUT2D eigenvalue weighted by Crippen LogP contribution is -2.21. The monoisotopic (exact) mass is 160 g/mol. The van der Waals surface area contributed by atoms with E-state index in [-0.39, 0.29) is 5.57 Å². The van der Waals surface area contributed by atoms with Crippen LogP contribution in [0.4, 0.5) is 0 Å². The van der Waals surface area contributed by atoms with E-state index in [0.717, 1.165) is 0 Å².